The van der Waals surface area contributed by atoms with Crippen LogP contribution in [0.4, 0.5) is 0 Å². The summed E-state index contributed by atoms with van der Waals surface area (Å²) in [6, 6.07) is 15.7. The minimum atomic E-state index is 0.276. The van der Waals surface area contributed by atoms with Crippen LogP contribution in [0.3, 0.4) is 0 Å². The fourth-order valence-corrected chi connectivity index (χ4v) is 4.18. The molecule has 2 aliphatic rings. The third-order valence-corrected chi connectivity index (χ3v) is 5.65. The molecule has 4 heteroatoms. The summed E-state index contributed by atoms with van der Waals surface area (Å²) in [4.78, 5) is 16.9. The lowest BCUT2D eigenvalue weighted by Crippen LogP contribution is -2.46. The summed E-state index contributed by atoms with van der Waals surface area (Å²) < 4.78 is 0. The number of hydrogen-bond donors (Lipinski definition) is 1. The van der Waals surface area contributed by atoms with Gasteiger partial charge in [-0.25, -0.2) is 0 Å². The zero-order chi connectivity index (χ0) is 17.2. The van der Waals surface area contributed by atoms with Crippen LogP contribution in [-0.4, -0.2) is 54.5 Å². The predicted octanol–water partition coefficient (Wildman–Crippen LogP) is 2.62. The molecule has 2 aliphatic heterocycles. The number of amides is 1. The normalized spacial score (nSPS) is 22.8. The number of carbonyl (C=O) groups excluding carboxylic acids is 1. The average molecular weight is 337 g/mol. The van der Waals surface area contributed by atoms with Crippen molar-refractivity contribution in [2.75, 3.05) is 26.7 Å². The molecule has 132 valence electrons. The van der Waals surface area contributed by atoms with Crippen LogP contribution in [0.25, 0.3) is 10.8 Å². The monoisotopic (exact) mass is 337 g/mol. The summed E-state index contributed by atoms with van der Waals surface area (Å²) in [6.45, 7) is 3.84. The lowest BCUT2D eigenvalue weighted by atomic mass is 10.0. The molecule has 2 aromatic rings. The molecule has 0 bridgehead atoms. The molecule has 0 spiro atoms. The summed E-state index contributed by atoms with van der Waals surface area (Å²) in [6.07, 6.45) is 3.01. The third-order valence-electron chi connectivity index (χ3n) is 5.65. The number of nitrogens with zero attached hydrogens (tertiary/aromatic N) is 2. The van der Waals surface area contributed by atoms with Gasteiger partial charge in [-0.1, -0.05) is 42.5 Å². The molecule has 1 amide bonds. The van der Waals surface area contributed by atoms with E-state index in [2.05, 4.69) is 59.7 Å². The molecule has 2 saturated heterocycles. The Bertz CT molecular complexity index is 746. The highest BCUT2D eigenvalue weighted by Gasteiger charge is 2.31. The van der Waals surface area contributed by atoms with Gasteiger partial charge in [-0.3, -0.25) is 4.79 Å². The van der Waals surface area contributed by atoms with Gasteiger partial charge in [-0.15, -0.1) is 0 Å². The van der Waals surface area contributed by atoms with E-state index in [0.717, 1.165) is 19.6 Å². The van der Waals surface area contributed by atoms with E-state index in [1.165, 1.54) is 29.2 Å². The molecule has 4 nitrogen and oxygen atoms in total. The first-order chi connectivity index (χ1) is 12.2. The molecule has 2 fully saturated rings. The van der Waals surface area contributed by atoms with Gasteiger partial charge in [-0.2, -0.15) is 0 Å². The van der Waals surface area contributed by atoms with Crippen LogP contribution in [-0.2, 0) is 11.3 Å². The van der Waals surface area contributed by atoms with Crippen LogP contribution in [0, 0.1) is 0 Å². The van der Waals surface area contributed by atoms with Crippen molar-refractivity contribution in [1.82, 2.24) is 15.1 Å². The third kappa shape index (κ3) is 3.70. The number of likely N-dealkylation sites (tertiary alicyclic amines) is 2. The minimum absolute atomic E-state index is 0.276. The average Bonchev–Trinajstić information content (AvgIpc) is 2.96. The Kier molecular flexibility index (Phi) is 4.73. The fraction of sp³-hybridized carbons (Fsp3) is 0.476. The number of carbonyl (C=O) groups is 1. The summed E-state index contributed by atoms with van der Waals surface area (Å²) in [5.74, 6) is 0.276. The molecule has 2 heterocycles. The lowest BCUT2D eigenvalue weighted by Gasteiger charge is -2.31. The molecule has 4 rings (SSSR count). The quantitative estimate of drug-likeness (QED) is 0.932. The first-order valence-corrected chi connectivity index (χ1v) is 9.38. The molecule has 2 aromatic carbocycles. The number of piperidine rings is 1. The Morgan fingerprint density at radius 3 is 2.64 bits per heavy atom. The van der Waals surface area contributed by atoms with Crippen molar-refractivity contribution < 1.29 is 4.79 Å². The van der Waals surface area contributed by atoms with Crippen LogP contribution >= 0.6 is 0 Å². The van der Waals surface area contributed by atoms with Crippen molar-refractivity contribution in [3.63, 3.8) is 0 Å². The number of fused-ring (bicyclic) bond motifs is 1. The lowest BCUT2D eigenvalue weighted by molar-refractivity contribution is -0.128. The maximum Gasteiger partial charge on any atom is 0.224 e. The van der Waals surface area contributed by atoms with E-state index in [9.17, 15) is 4.79 Å². The van der Waals surface area contributed by atoms with Crippen molar-refractivity contribution in [2.45, 2.75) is 37.9 Å². The van der Waals surface area contributed by atoms with Gasteiger partial charge in [0, 0.05) is 31.6 Å². The van der Waals surface area contributed by atoms with E-state index in [1.807, 2.05) is 4.90 Å². The second-order valence-corrected chi connectivity index (χ2v) is 7.56. The van der Waals surface area contributed by atoms with Gasteiger partial charge in [-0.05, 0) is 49.3 Å². The maximum atomic E-state index is 12.5. The van der Waals surface area contributed by atoms with E-state index >= 15 is 0 Å². The smallest absolute Gasteiger partial charge is 0.224 e. The maximum absolute atomic E-state index is 12.5. The number of rotatable bonds is 4. The molecule has 0 radical (unpaired) electrons. The van der Waals surface area contributed by atoms with Crippen molar-refractivity contribution >= 4 is 16.7 Å². The van der Waals surface area contributed by atoms with Crippen molar-refractivity contribution in [3.8, 4) is 0 Å². The summed E-state index contributed by atoms with van der Waals surface area (Å²) in [5.41, 5.74) is 1.24. The van der Waals surface area contributed by atoms with Gasteiger partial charge < -0.3 is 15.1 Å². The van der Waals surface area contributed by atoms with Crippen molar-refractivity contribution in [1.29, 1.82) is 0 Å². The molecule has 1 unspecified atom stereocenters. The Hall–Kier alpha value is -1.91. The van der Waals surface area contributed by atoms with Crippen LogP contribution in [0.1, 0.15) is 24.8 Å². The summed E-state index contributed by atoms with van der Waals surface area (Å²) in [5, 5.41) is 6.23. The van der Waals surface area contributed by atoms with Gasteiger partial charge in [0.1, 0.15) is 0 Å². The Morgan fingerprint density at radius 2 is 1.80 bits per heavy atom. The molecule has 1 N–H and O–H groups in total. The zero-order valence-electron chi connectivity index (χ0n) is 14.9. The standard InChI is InChI=1S/C21H27N3O/c1-23-11-9-18(10-12-23)22-19-13-21(25)24(15-19)14-17-7-4-6-16-5-2-3-8-20(16)17/h2-8,18-19,22H,9-15H2,1H3. The van der Waals surface area contributed by atoms with E-state index < -0.39 is 0 Å². The molecular weight excluding hydrogens is 310 g/mol. The van der Waals surface area contributed by atoms with E-state index in [1.54, 1.807) is 0 Å². The first kappa shape index (κ1) is 16.6. The Balaban J connectivity index is 1.41. The molecule has 0 aromatic heterocycles. The minimum Gasteiger partial charge on any atom is -0.337 e. The first-order valence-electron chi connectivity index (χ1n) is 9.38. The van der Waals surface area contributed by atoms with Crippen molar-refractivity contribution in [3.05, 3.63) is 48.0 Å². The number of hydrogen-bond acceptors (Lipinski definition) is 3. The second kappa shape index (κ2) is 7.14. The van der Waals surface area contributed by atoms with Gasteiger partial charge >= 0.3 is 0 Å². The van der Waals surface area contributed by atoms with Crippen LogP contribution in [0.2, 0.25) is 0 Å². The van der Waals surface area contributed by atoms with Crippen LogP contribution in [0.5, 0.6) is 0 Å². The van der Waals surface area contributed by atoms with Crippen molar-refractivity contribution in [2.24, 2.45) is 0 Å². The van der Waals surface area contributed by atoms with Gasteiger partial charge in [0.25, 0.3) is 0 Å². The molecule has 25 heavy (non-hydrogen) atoms. The van der Waals surface area contributed by atoms with E-state index in [0.29, 0.717) is 25.0 Å². The predicted molar refractivity (Wildman–Crippen MR) is 101 cm³/mol. The molecule has 0 saturated carbocycles. The van der Waals surface area contributed by atoms with Gasteiger partial charge in [0.15, 0.2) is 0 Å². The zero-order valence-corrected chi connectivity index (χ0v) is 14.9. The summed E-state index contributed by atoms with van der Waals surface area (Å²) >= 11 is 0. The SMILES string of the molecule is CN1CCC(NC2CC(=O)N(Cc3cccc4ccccc34)C2)CC1. The van der Waals surface area contributed by atoms with E-state index in [4.69, 9.17) is 0 Å². The summed E-state index contributed by atoms with van der Waals surface area (Å²) in [7, 11) is 2.18. The highest BCUT2D eigenvalue weighted by atomic mass is 16.2. The van der Waals surface area contributed by atoms with E-state index in [-0.39, 0.29) is 5.91 Å². The second-order valence-electron chi connectivity index (χ2n) is 7.56. The Labute approximate surface area is 149 Å². The number of benzene rings is 2. The van der Waals surface area contributed by atoms with Gasteiger partial charge in [0.05, 0.1) is 0 Å². The number of nitrogens with one attached hydrogen (secondary N) is 1. The van der Waals surface area contributed by atoms with Crippen LogP contribution in [0.15, 0.2) is 42.5 Å². The van der Waals surface area contributed by atoms with Crippen LogP contribution < -0.4 is 5.32 Å². The molecule has 1 atom stereocenters. The Morgan fingerprint density at radius 1 is 1.04 bits per heavy atom. The highest BCUT2D eigenvalue weighted by Crippen LogP contribution is 2.23. The van der Waals surface area contributed by atoms with Gasteiger partial charge in [0.2, 0.25) is 5.91 Å². The molecule has 0 aliphatic carbocycles. The topological polar surface area (TPSA) is 35.6 Å². The largest absolute Gasteiger partial charge is 0.337 e. The molecular formula is C21H27N3O. The highest BCUT2D eigenvalue weighted by molar-refractivity contribution is 5.86. The fourth-order valence-electron chi connectivity index (χ4n) is 4.18.